The molecule has 2 aromatic heterocycles. The molecule has 0 fully saturated rings. The van der Waals surface area contributed by atoms with Gasteiger partial charge in [0.2, 0.25) is 0 Å². The molecule has 0 aliphatic heterocycles. The van der Waals surface area contributed by atoms with Crippen molar-refractivity contribution in [3.05, 3.63) is 107 Å². The molecule has 0 radical (unpaired) electrons. The van der Waals surface area contributed by atoms with Crippen molar-refractivity contribution in [3.63, 3.8) is 0 Å². The molecule has 2 rings (SSSR count). The predicted molar refractivity (Wildman–Crippen MR) is 129 cm³/mol. The molecule has 0 aliphatic rings. The minimum atomic E-state index is 0.882. The molecule has 0 bridgehead atoms. The molecular formula is C24H24N2S2. The summed E-state index contributed by atoms with van der Waals surface area (Å²) in [6.07, 6.45) is 18.9. The van der Waals surface area contributed by atoms with Gasteiger partial charge in [-0.2, -0.15) is 0 Å². The first-order chi connectivity index (χ1) is 13.7. The summed E-state index contributed by atoms with van der Waals surface area (Å²) >= 11 is 3.45. The van der Waals surface area contributed by atoms with Crippen molar-refractivity contribution in [3.8, 4) is 9.75 Å². The number of allylic oxidation sites excluding steroid dienone is 8. The maximum atomic E-state index is 4.52. The molecule has 4 heteroatoms. The second kappa shape index (κ2) is 11.8. The number of aliphatic imine (C=N–C) groups is 2. The lowest BCUT2D eigenvalue weighted by Gasteiger charge is -1.92. The van der Waals surface area contributed by atoms with Gasteiger partial charge in [-0.15, -0.1) is 22.7 Å². The molecule has 0 N–H and O–H groups in total. The fourth-order valence-electron chi connectivity index (χ4n) is 2.20. The zero-order valence-corrected chi connectivity index (χ0v) is 17.8. The molecule has 0 spiro atoms. The van der Waals surface area contributed by atoms with E-state index >= 15 is 0 Å². The van der Waals surface area contributed by atoms with Gasteiger partial charge in [-0.05, 0) is 56.3 Å². The third kappa shape index (κ3) is 6.72. The molecule has 0 saturated heterocycles. The van der Waals surface area contributed by atoms with E-state index in [0.717, 1.165) is 21.1 Å². The van der Waals surface area contributed by atoms with Gasteiger partial charge in [0, 0.05) is 31.9 Å². The standard InChI is InChI=1S/C24H24N2S2/c1-5-9-12-19(8-4)25-17-21-13-15-23(27-21)24-16-14-22(28-24)18-26-20(10-6-2)11-7-3/h5-18H,1-2H2,3-4H3/b11-7-,12-9-,19-8+,20-10+,25-17?,26-18?. The summed E-state index contributed by atoms with van der Waals surface area (Å²) < 4.78 is 0. The van der Waals surface area contributed by atoms with Gasteiger partial charge < -0.3 is 0 Å². The van der Waals surface area contributed by atoms with Gasteiger partial charge in [-0.3, -0.25) is 9.98 Å². The maximum Gasteiger partial charge on any atom is 0.0626 e. The van der Waals surface area contributed by atoms with E-state index in [1.807, 2.05) is 62.7 Å². The fraction of sp³-hybridized carbons (Fsp3) is 0.0833. The van der Waals surface area contributed by atoms with Crippen LogP contribution in [0.5, 0.6) is 0 Å². The molecule has 2 aromatic rings. The van der Waals surface area contributed by atoms with Crippen LogP contribution < -0.4 is 0 Å². The highest BCUT2D eigenvalue weighted by atomic mass is 32.1. The van der Waals surface area contributed by atoms with Crippen molar-refractivity contribution in [2.45, 2.75) is 13.8 Å². The van der Waals surface area contributed by atoms with E-state index in [0.29, 0.717) is 0 Å². The minimum absolute atomic E-state index is 0.882. The quantitative estimate of drug-likeness (QED) is 0.303. The van der Waals surface area contributed by atoms with Gasteiger partial charge in [0.25, 0.3) is 0 Å². The summed E-state index contributed by atoms with van der Waals surface area (Å²) in [6, 6.07) is 8.46. The van der Waals surface area contributed by atoms with Crippen LogP contribution in [0.25, 0.3) is 9.75 Å². The molecule has 0 saturated carbocycles. The molecule has 0 amide bonds. The van der Waals surface area contributed by atoms with Crippen LogP contribution in [-0.4, -0.2) is 12.4 Å². The first kappa shape index (κ1) is 21.5. The molecule has 0 aromatic carbocycles. The summed E-state index contributed by atoms with van der Waals surface area (Å²) in [5.74, 6) is 0. The Bertz CT molecular complexity index is 976. The van der Waals surface area contributed by atoms with Gasteiger partial charge in [0.1, 0.15) is 0 Å². The lowest BCUT2D eigenvalue weighted by atomic mass is 10.3. The highest BCUT2D eigenvalue weighted by Crippen LogP contribution is 2.32. The van der Waals surface area contributed by atoms with Crippen LogP contribution >= 0.6 is 22.7 Å². The van der Waals surface area contributed by atoms with Crippen molar-refractivity contribution < 1.29 is 0 Å². The molecule has 28 heavy (non-hydrogen) atoms. The van der Waals surface area contributed by atoms with Crippen molar-refractivity contribution in [2.24, 2.45) is 9.98 Å². The van der Waals surface area contributed by atoms with Crippen LogP contribution in [0, 0.1) is 0 Å². The van der Waals surface area contributed by atoms with Crippen LogP contribution in [0.4, 0.5) is 0 Å². The molecule has 142 valence electrons. The van der Waals surface area contributed by atoms with Crippen molar-refractivity contribution >= 4 is 35.1 Å². The number of hydrogen-bond donors (Lipinski definition) is 0. The van der Waals surface area contributed by atoms with Crippen LogP contribution in [-0.2, 0) is 0 Å². The Morgan fingerprint density at radius 3 is 1.93 bits per heavy atom. The van der Waals surface area contributed by atoms with Crippen LogP contribution in [0.15, 0.2) is 107 Å². The van der Waals surface area contributed by atoms with E-state index in [1.54, 1.807) is 34.8 Å². The highest BCUT2D eigenvalue weighted by Gasteiger charge is 2.05. The van der Waals surface area contributed by atoms with E-state index in [4.69, 9.17) is 0 Å². The van der Waals surface area contributed by atoms with E-state index in [1.165, 1.54) is 9.75 Å². The van der Waals surface area contributed by atoms with Gasteiger partial charge in [0.15, 0.2) is 0 Å². The van der Waals surface area contributed by atoms with Gasteiger partial charge in [-0.25, -0.2) is 0 Å². The topological polar surface area (TPSA) is 24.7 Å². The molecule has 2 heterocycles. The van der Waals surface area contributed by atoms with Gasteiger partial charge >= 0.3 is 0 Å². The zero-order chi connectivity index (χ0) is 20.2. The Labute approximate surface area is 175 Å². The maximum absolute atomic E-state index is 4.52. The number of hydrogen-bond acceptors (Lipinski definition) is 4. The number of thiophene rings is 2. The van der Waals surface area contributed by atoms with Gasteiger partial charge in [-0.1, -0.05) is 43.5 Å². The Morgan fingerprint density at radius 2 is 1.43 bits per heavy atom. The number of nitrogens with zero attached hydrogens (tertiary/aromatic N) is 2. The molecule has 0 aliphatic carbocycles. The molecule has 2 nitrogen and oxygen atoms in total. The smallest absolute Gasteiger partial charge is 0.0626 e. The van der Waals surface area contributed by atoms with Crippen molar-refractivity contribution in [2.75, 3.05) is 0 Å². The SMILES string of the molecule is C=C/C=C\C(=C/C)N=Cc1ccc(-c2ccc(C=NC(/C=C\C)=C/C=C)s2)s1. The zero-order valence-electron chi connectivity index (χ0n) is 16.2. The second-order valence-electron chi connectivity index (χ2n) is 5.56. The highest BCUT2D eigenvalue weighted by molar-refractivity contribution is 7.23. The third-order valence-electron chi connectivity index (χ3n) is 3.50. The summed E-state index contributed by atoms with van der Waals surface area (Å²) in [7, 11) is 0. The van der Waals surface area contributed by atoms with Crippen LogP contribution in [0.2, 0.25) is 0 Å². The molecular weight excluding hydrogens is 380 g/mol. The van der Waals surface area contributed by atoms with E-state index in [2.05, 4.69) is 47.4 Å². The van der Waals surface area contributed by atoms with Crippen LogP contribution in [0.3, 0.4) is 0 Å². The molecule has 0 atom stereocenters. The van der Waals surface area contributed by atoms with Crippen molar-refractivity contribution in [1.29, 1.82) is 0 Å². The largest absolute Gasteiger partial charge is 0.256 e. The minimum Gasteiger partial charge on any atom is -0.256 e. The fourth-order valence-corrected chi connectivity index (χ4v) is 4.05. The summed E-state index contributed by atoms with van der Waals surface area (Å²) in [4.78, 5) is 13.7. The lowest BCUT2D eigenvalue weighted by Crippen LogP contribution is -1.76. The lowest BCUT2D eigenvalue weighted by molar-refractivity contribution is 1.39. The molecule has 0 unspecified atom stereocenters. The Balaban J connectivity index is 2.12. The van der Waals surface area contributed by atoms with E-state index in [9.17, 15) is 0 Å². The first-order valence-electron chi connectivity index (χ1n) is 8.89. The Hall–Kier alpha value is -2.82. The normalized spacial score (nSPS) is 13.5. The number of rotatable bonds is 9. The summed E-state index contributed by atoms with van der Waals surface area (Å²) in [5, 5.41) is 0. The van der Waals surface area contributed by atoms with E-state index < -0.39 is 0 Å². The Kier molecular flexibility index (Phi) is 9.05. The first-order valence-corrected chi connectivity index (χ1v) is 10.5. The van der Waals surface area contributed by atoms with Crippen molar-refractivity contribution in [1.82, 2.24) is 0 Å². The average Bonchev–Trinajstić information content (AvgIpc) is 3.36. The average molecular weight is 405 g/mol. The van der Waals surface area contributed by atoms with E-state index in [-0.39, 0.29) is 0 Å². The van der Waals surface area contributed by atoms with Crippen LogP contribution in [0.1, 0.15) is 23.6 Å². The Morgan fingerprint density at radius 1 is 0.821 bits per heavy atom. The predicted octanol–water partition coefficient (Wildman–Crippen LogP) is 7.61. The third-order valence-corrected chi connectivity index (χ3v) is 5.74. The van der Waals surface area contributed by atoms with Gasteiger partial charge in [0.05, 0.1) is 11.4 Å². The summed E-state index contributed by atoms with van der Waals surface area (Å²) in [6.45, 7) is 11.4. The second-order valence-corrected chi connectivity index (χ2v) is 7.79. The summed E-state index contributed by atoms with van der Waals surface area (Å²) in [5.41, 5.74) is 1.79. The monoisotopic (exact) mass is 404 g/mol.